The molecule has 1 N–H and O–H groups in total. The van der Waals surface area contributed by atoms with Gasteiger partial charge in [-0.2, -0.15) is 15.0 Å². The molecule has 0 aliphatic heterocycles. The molecule has 5 nitrogen and oxygen atoms in total. The third kappa shape index (κ3) is 2.78. The Labute approximate surface area is 127 Å². The zero-order valence-corrected chi connectivity index (χ0v) is 12.6. The first-order chi connectivity index (χ1) is 9.72. The molecule has 0 fully saturated rings. The largest absolute Gasteiger partial charge is 0.321 e. The molecule has 0 aliphatic carbocycles. The lowest BCUT2D eigenvalue weighted by Crippen LogP contribution is -2.10. The van der Waals surface area contributed by atoms with Gasteiger partial charge in [-0.25, -0.2) is 0 Å². The third-order valence-electron chi connectivity index (χ3n) is 2.57. The highest BCUT2D eigenvalue weighted by molar-refractivity contribution is 9.11. The molecule has 100 valence electrons. The SMILES string of the molecule is O=C(Nc1ccc(-n2nccn2)cc1)c1ccc(Br)s1. The molecule has 3 aromatic rings. The van der Waals surface area contributed by atoms with Gasteiger partial charge in [-0.1, -0.05) is 0 Å². The van der Waals surface area contributed by atoms with E-state index in [9.17, 15) is 4.79 Å². The van der Waals surface area contributed by atoms with Gasteiger partial charge < -0.3 is 5.32 Å². The van der Waals surface area contributed by atoms with Crippen molar-refractivity contribution >= 4 is 38.9 Å². The van der Waals surface area contributed by atoms with Crippen molar-refractivity contribution < 1.29 is 4.79 Å². The number of aromatic nitrogens is 3. The second-order valence-electron chi connectivity index (χ2n) is 3.92. The number of carbonyl (C=O) groups is 1. The molecule has 2 aromatic heterocycles. The molecule has 0 radical (unpaired) electrons. The topological polar surface area (TPSA) is 59.8 Å². The lowest BCUT2D eigenvalue weighted by molar-refractivity contribution is 0.103. The maximum atomic E-state index is 12.0. The number of anilines is 1. The van der Waals surface area contributed by atoms with E-state index in [1.807, 2.05) is 30.3 Å². The molecular weight excluding hydrogens is 340 g/mol. The van der Waals surface area contributed by atoms with Gasteiger partial charge in [0.25, 0.3) is 5.91 Å². The van der Waals surface area contributed by atoms with Crippen LogP contribution in [0.25, 0.3) is 5.69 Å². The summed E-state index contributed by atoms with van der Waals surface area (Å²) >= 11 is 4.74. The average Bonchev–Trinajstić information content (AvgIpc) is 3.10. The zero-order chi connectivity index (χ0) is 13.9. The second kappa shape index (κ2) is 5.56. The molecular formula is C13H9BrN4OS. The average molecular weight is 349 g/mol. The number of thiophene rings is 1. The van der Waals surface area contributed by atoms with Crippen LogP contribution in [0.3, 0.4) is 0 Å². The summed E-state index contributed by atoms with van der Waals surface area (Å²) in [6.07, 6.45) is 3.23. The van der Waals surface area contributed by atoms with Crippen LogP contribution in [0.15, 0.2) is 52.6 Å². The van der Waals surface area contributed by atoms with Crippen LogP contribution in [0, 0.1) is 0 Å². The van der Waals surface area contributed by atoms with Crippen LogP contribution in [-0.4, -0.2) is 20.9 Å². The van der Waals surface area contributed by atoms with Gasteiger partial charge in [0.1, 0.15) is 0 Å². The van der Waals surface area contributed by atoms with Gasteiger partial charge in [0.15, 0.2) is 0 Å². The fourth-order valence-corrected chi connectivity index (χ4v) is 2.94. The van der Waals surface area contributed by atoms with E-state index in [4.69, 9.17) is 0 Å². The summed E-state index contributed by atoms with van der Waals surface area (Å²) in [6.45, 7) is 0. The van der Waals surface area contributed by atoms with Crippen LogP contribution >= 0.6 is 27.3 Å². The summed E-state index contributed by atoms with van der Waals surface area (Å²) in [5.41, 5.74) is 1.57. The molecule has 0 atom stereocenters. The standard InChI is InChI=1S/C13H9BrN4OS/c14-12-6-5-11(20-12)13(19)17-9-1-3-10(4-2-9)18-15-7-8-16-18/h1-8H,(H,17,19). The van der Waals surface area contributed by atoms with Crippen molar-refractivity contribution in [3.05, 3.63) is 57.5 Å². The van der Waals surface area contributed by atoms with Crippen molar-refractivity contribution in [2.75, 3.05) is 5.32 Å². The summed E-state index contributed by atoms with van der Waals surface area (Å²) in [6, 6.07) is 11.0. The smallest absolute Gasteiger partial charge is 0.265 e. The van der Waals surface area contributed by atoms with E-state index >= 15 is 0 Å². The van der Waals surface area contributed by atoms with Crippen molar-refractivity contribution in [2.24, 2.45) is 0 Å². The molecule has 0 spiro atoms. The summed E-state index contributed by atoms with van der Waals surface area (Å²) in [7, 11) is 0. The van der Waals surface area contributed by atoms with Gasteiger partial charge in [0.05, 0.1) is 26.7 Å². The van der Waals surface area contributed by atoms with Crippen molar-refractivity contribution in [3.8, 4) is 5.69 Å². The minimum atomic E-state index is -0.120. The number of nitrogens with zero attached hydrogens (tertiary/aromatic N) is 3. The van der Waals surface area contributed by atoms with E-state index < -0.39 is 0 Å². The van der Waals surface area contributed by atoms with Crippen molar-refractivity contribution in [1.29, 1.82) is 0 Å². The maximum Gasteiger partial charge on any atom is 0.265 e. The Balaban J connectivity index is 1.74. The van der Waals surface area contributed by atoms with Gasteiger partial charge in [-0.3, -0.25) is 4.79 Å². The first-order valence-corrected chi connectivity index (χ1v) is 7.37. The normalized spacial score (nSPS) is 10.4. The quantitative estimate of drug-likeness (QED) is 0.789. The van der Waals surface area contributed by atoms with Crippen LogP contribution in [0.5, 0.6) is 0 Å². The van der Waals surface area contributed by atoms with Crippen molar-refractivity contribution in [1.82, 2.24) is 15.0 Å². The zero-order valence-electron chi connectivity index (χ0n) is 10.2. The fraction of sp³-hybridized carbons (Fsp3) is 0. The van der Waals surface area contributed by atoms with Crippen molar-refractivity contribution in [3.63, 3.8) is 0 Å². The number of benzene rings is 1. The molecule has 2 heterocycles. The molecule has 3 rings (SSSR count). The predicted molar refractivity (Wildman–Crippen MR) is 81.3 cm³/mol. The molecule has 1 amide bonds. The number of hydrogen-bond acceptors (Lipinski definition) is 4. The molecule has 1 aromatic carbocycles. The first-order valence-electron chi connectivity index (χ1n) is 5.76. The highest BCUT2D eigenvalue weighted by Crippen LogP contribution is 2.23. The molecule has 0 aliphatic rings. The Hall–Kier alpha value is -1.99. The number of nitrogens with one attached hydrogen (secondary N) is 1. The Morgan fingerprint density at radius 3 is 2.40 bits per heavy atom. The number of rotatable bonds is 3. The number of carbonyl (C=O) groups excluding carboxylic acids is 1. The van der Waals surface area contributed by atoms with Gasteiger partial charge in [0, 0.05) is 5.69 Å². The number of amides is 1. The van der Waals surface area contributed by atoms with E-state index in [0.29, 0.717) is 4.88 Å². The van der Waals surface area contributed by atoms with E-state index in [1.165, 1.54) is 16.1 Å². The molecule has 0 saturated heterocycles. The van der Waals surface area contributed by atoms with Gasteiger partial charge in [0.2, 0.25) is 0 Å². The first kappa shape index (κ1) is 13.0. The van der Waals surface area contributed by atoms with Crippen LogP contribution in [0.1, 0.15) is 9.67 Å². The second-order valence-corrected chi connectivity index (χ2v) is 6.39. The van der Waals surface area contributed by atoms with Gasteiger partial charge in [-0.05, 0) is 52.3 Å². The Morgan fingerprint density at radius 2 is 1.80 bits per heavy atom. The third-order valence-corrected chi connectivity index (χ3v) is 4.19. The van der Waals surface area contributed by atoms with E-state index in [1.54, 1.807) is 18.5 Å². The van der Waals surface area contributed by atoms with E-state index in [2.05, 4.69) is 31.4 Å². The summed E-state index contributed by atoms with van der Waals surface area (Å²) < 4.78 is 0.933. The molecule has 0 unspecified atom stereocenters. The molecule has 0 bridgehead atoms. The predicted octanol–water partition coefficient (Wildman–Crippen LogP) is 3.34. The molecule has 20 heavy (non-hydrogen) atoms. The Bertz CT molecular complexity index is 721. The highest BCUT2D eigenvalue weighted by Gasteiger charge is 2.08. The maximum absolute atomic E-state index is 12.0. The summed E-state index contributed by atoms with van der Waals surface area (Å²) in [5, 5.41) is 10.9. The summed E-state index contributed by atoms with van der Waals surface area (Å²) in [5.74, 6) is -0.120. The van der Waals surface area contributed by atoms with Crippen LogP contribution < -0.4 is 5.32 Å². The van der Waals surface area contributed by atoms with Gasteiger partial charge >= 0.3 is 0 Å². The molecule has 7 heteroatoms. The highest BCUT2D eigenvalue weighted by atomic mass is 79.9. The minimum absolute atomic E-state index is 0.120. The minimum Gasteiger partial charge on any atom is -0.321 e. The van der Waals surface area contributed by atoms with E-state index in [-0.39, 0.29) is 5.91 Å². The summed E-state index contributed by atoms with van der Waals surface area (Å²) in [4.78, 5) is 14.2. The number of hydrogen-bond donors (Lipinski definition) is 1. The number of halogens is 1. The lowest BCUT2D eigenvalue weighted by atomic mass is 10.3. The van der Waals surface area contributed by atoms with Crippen LogP contribution in [0.2, 0.25) is 0 Å². The molecule has 0 saturated carbocycles. The van der Waals surface area contributed by atoms with Crippen LogP contribution in [0.4, 0.5) is 5.69 Å². The van der Waals surface area contributed by atoms with Crippen molar-refractivity contribution in [2.45, 2.75) is 0 Å². The monoisotopic (exact) mass is 348 g/mol. The Kier molecular flexibility index (Phi) is 3.62. The lowest BCUT2D eigenvalue weighted by Gasteiger charge is -2.05. The van der Waals surface area contributed by atoms with Crippen LogP contribution in [-0.2, 0) is 0 Å². The fourth-order valence-electron chi connectivity index (χ4n) is 1.66. The van der Waals surface area contributed by atoms with Gasteiger partial charge in [-0.15, -0.1) is 11.3 Å². The Morgan fingerprint density at radius 1 is 1.10 bits per heavy atom. The van der Waals surface area contributed by atoms with E-state index in [0.717, 1.165) is 15.2 Å².